The van der Waals surface area contributed by atoms with Gasteiger partial charge < -0.3 is 9.47 Å². The van der Waals surface area contributed by atoms with E-state index >= 15 is 0 Å². The van der Waals surface area contributed by atoms with Crippen LogP contribution in [-0.2, 0) is 24.3 Å². The minimum absolute atomic E-state index is 0.0248. The van der Waals surface area contributed by atoms with Crippen LogP contribution in [0.25, 0.3) is 0 Å². The smallest absolute Gasteiger partial charge is 0.349 e. The molecule has 1 rings (SSSR count). The molecule has 0 unspecified atom stereocenters. The molecule has 0 radical (unpaired) electrons. The zero-order valence-electron chi connectivity index (χ0n) is 11.3. The molecule has 7 nitrogen and oxygen atoms in total. The van der Waals surface area contributed by atoms with E-state index in [1.54, 1.807) is 6.92 Å². The number of thiophene rings is 1. The van der Waals surface area contributed by atoms with Gasteiger partial charge in [-0.1, -0.05) is 0 Å². The van der Waals surface area contributed by atoms with E-state index in [1.165, 1.54) is 25.6 Å². The van der Waals surface area contributed by atoms with Crippen LogP contribution in [0.15, 0.2) is 16.3 Å². The first-order valence-corrected chi connectivity index (χ1v) is 7.94. The molecule has 0 aliphatic rings. The molecule has 0 aromatic carbocycles. The lowest BCUT2D eigenvalue weighted by atomic mass is 10.5. The van der Waals surface area contributed by atoms with Crippen molar-refractivity contribution in [2.75, 3.05) is 27.3 Å². The number of methoxy groups -OCH3 is 1. The van der Waals surface area contributed by atoms with Crippen LogP contribution >= 0.6 is 11.3 Å². The maximum absolute atomic E-state index is 12.3. The fraction of sp³-hybridized carbons (Fsp3) is 0.455. The molecule has 1 aromatic heterocycles. The Kier molecular flexibility index (Phi) is 5.66. The highest BCUT2D eigenvalue weighted by molar-refractivity contribution is 7.89. The first kappa shape index (κ1) is 16.6. The molecule has 9 heteroatoms. The van der Waals surface area contributed by atoms with Crippen molar-refractivity contribution in [1.29, 1.82) is 0 Å². The van der Waals surface area contributed by atoms with Gasteiger partial charge in [0.1, 0.15) is 16.3 Å². The van der Waals surface area contributed by atoms with Crippen molar-refractivity contribution in [2.24, 2.45) is 0 Å². The molecule has 0 spiro atoms. The van der Waals surface area contributed by atoms with Gasteiger partial charge in [0.2, 0.25) is 10.0 Å². The first-order chi connectivity index (χ1) is 9.34. The number of rotatable bonds is 6. The van der Waals surface area contributed by atoms with E-state index in [4.69, 9.17) is 0 Å². The molecule has 0 bridgehead atoms. The normalized spacial score (nSPS) is 11.4. The highest BCUT2D eigenvalue weighted by Crippen LogP contribution is 2.25. The Morgan fingerprint density at radius 1 is 1.40 bits per heavy atom. The Morgan fingerprint density at radius 3 is 2.60 bits per heavy atom. The van der Waals surface area contributed by atoms with Crippen LogP contribution in [0.1, 0.15) is 16.6 Å². The van der Waals surface area contributed by atoms with E-state index in [1.807, 2.05) is 0 Å². The number of ether oxygens (including phenoxy) is 2. The van der Waals surface area contributed by atoms with Crippen LogP contribution in [0, 0.1) is 0 Å². The van der Waals surface area contributed by atoms with Gasteiger partial charge in [-0.25, -0.2) is 13.2 Å². The van der Waals surface area contributed by atoms with Gasteiger partial charge >= 0.3 is 11.9 Å². The first-order valence-electron chi connectivity index (χ1n) is 5.62. The van der Waals surface area contributed by atoms with Crippen LogP contribution < -0.4 is 0 Å². The summed E-state index contributed by atoms with van der Waals surface area (Å²) in [5.41, 5.74) is 0. The Labute approximate surface area is 121 Å². The van der Waals surface area contributed by atoms with Crippen molar-refractivity contribution in [3.8, 4) is 0 Å². The van der Waals surface area contributed by atoms with Gasteiger partial charge in [-0.2, -0.15) is 4.31 Å². The maximum Gasteiger partial charge on any atom is 0.349 e. The van der Waals surface area contributed by atoms with E-state index in [-0.39, 0.29) is 16.4 Å². The molecular formula is C11H15NO6S2. The molecule has 0 saturated heterocycles. The molecule has 0 atom stereocenters. The number of carbonyl (C=O) groups excluding carboxylic acids is 2. The van der Waals surface area contributed by atoms with E-state index in [0.29, 0.717) is 0 Å². The van der Waals surface area contributed by atoms with Gasteiger partial charge in [-0.15, -0.1) is 11.3 Å². The quantitative estimate of drug-likeness (QED) is 0.717. The number of nitrogens with zero attached hydrogens (tertiary/aromatic N) is 1. The molecule has 0 amide bonds. The van der Waals surface area contributed by atoms with Gasteiger partial charge in [-0.3, -0.25) is 4.79 Å². The minimum Gasteiger partial charge on any atom is -0.465 e. The summed E-state index contributed by atoms with van der Waals surface area (Å²) in [6, 6.07) is 1.30. The van der Waals surface area contributed by atoms with Crippen molar-refractivity contribution in [3.63, 3.8) is 0 Å². The number of sulfonamides is 1. The summed E-state index contributed by atoms with van der Waals surface area (Å²) < 4.78 is 34.6. The zero-order valence-corrected chi connectivity index (χ0v) is 12.9. The molecule has 0 aliphatic heterocycles. The highest BCUT2D eigenvalue weighted by atomic mass is 32.2. The highest BCUT2D eigenvalue weighted by Gasteiger charge is 2.29. The number of hydrogen-bond donors (Lipinski definition) is 0. The monoisotopic (exact) mass is 321 g/mol. The van der Waals surface area contributed by atoms with Gasteiger partial charge in [-0.05, 0) is 18.4 Å². The third-order valence-corrected chi connectivity index (χ3v) is 5.21. The second-order valence-electron chi connectivity index (χ2n) is 3.67. The largest absolute Gasteiger partial charge is 0.465 e. The number of hydrogen-bond acceptors (Lipinski definition) is 7. The Hall–Kier alpha value is -1.45. The summed E-state index contributed by atoms with van der Waals surface area (Å²) >= 11 is 0.959. The third kappa shape index (κ3) is 3.56. The van der Waals surface area contributed by atoms with Crippen molar-refractivity contribution >= 4 is 33.3 Å². The van der Waals surface area contributed by atoms with Crippen LogP contribution in [-0.4, -0.2) is 52.0 Å². The topological polar surface area (TPSA) is 90.0 Å². The molecule has 0 aliphatic carbocycles. The summed E-state index contributed by atoms with van der Waals surface area (Å²) in [6.07, 6.45) is 0. The molecule has 0 N–H and O–H groups in total. The van der Waals surface area contributed by atoms with Gasteiger partial charge in [0.25, 0.3) is 0 Å². The predicted molar refractivity (Wildman–Crippen MR) is 72.1 cm³/mol. The zero-order chi connectivity index (χ0) is 15.3. The second-order valence-corrected chi connectivity index (χ2v) is 6.60. The molecule has 20 heavy (non-hydrogen) atoms. The lowest BCUT2D eigenvalue weighted by molar-refractivity contribution is -0.143. The van der Waals surface area contributed by atoms with Crippen molar-refractivity contribution in [3.05, 3.63) is 16.3 Å². The Morgan fingerprint density at radius 2 is 2.05 bits per heavy atom. The molecule has 1 aromatic rings. The van der Waals surface area contributed by atoms with E-state index in [9.17, 15) is 18.0 Å². The summed E-state index contributed by atoms with van der Waals surface area (Å²) in [4.78, 5) is 22.6. The Bertz CT molecular complexity index is 592. The van der Waals surface area contributed by atoms with E-state index in [2.05, 4.69) is 9.47 Å². The number of esters is 2. The minimum atomic E-state index is -3.95. The average Bonchev–Trinajstić information content (AvgIpc) is 2.87. The van der Waals surface area contributed by atoms with Crippen LogP contribution in [0.2, 0.25) is 0 Å². The van der Waals surface area contributed by atoms with Gasteiger partial charge in [0.05, 0.1) is 13.7 Å². The average molecular weight is 321 g/mol. The maximum atomic E-state index is 12.3. The fourth-order valence-corrected chi connectivity index (χ4v) is 3.80. The second kappa shape index (κ2) is 6.82. The van der Waals surface area contributed by atoms with Crippen molar-refractivity contribution < 1.29 is 27.5 Å². The summed E-state index contributed by atoms with van der Waals surface area (Å²) in [6.45, 7) is 1.37. The van der Waals surface area contributed by atoms with Crippen LogP contribution in [0.4, 0.5) is 0 Å². The Balaban J connectivity index is 3.02. The molecule has 1 heterocycles. The molecule has 0 fully saturated rings. The number of carbonyl (C=O) groups is 2. The molecule has 0 saturated carbocycles. The lowest BCUT2D eigenvalue weighted by Crippen LogP contribution is -2.33. The summed E-state index contributed by atoms with van der Waals surface area (Å²) in [5.74, 6) is -1.39. The molecular weight excluding hydrogens is 306 g/mol. The van der Waals surface area contributed by atoms with Crippen LogP contribution in [0.3, 0.4) is 0 Å². The predicted octanol–water partition coefficient (Wildman–Crippen LogP) is 0.718. The van der Waals surface area contributed by atoms with Crippen LogP contribution in [0.5, 0.6) is 0 Å². The van der Waals surface area contributed by atoms with Crippen molar-refractivity contribution in [1.82, 2.24) is 4.31 Å². The fourth-order valence-electron chi connectivity index (χ4n) is 1.38. The standard InChI is InChI=1S/C11H15NO6S2/c1-4-18-9(13)7-12(2)20(15,16)8-5-6-19-10(8)11(14)17-3/h5-6H,4,7H2,1-3H3. The summed E-state index contributed by atoms with van der Waals surface area (Å²) in [5, 5.41) is 1.47. The van der Waals surface area contributed by atoms with E-state index in [0.717, 1.165) is 15.6 Å². The number of likely N-dealkylation sites (N-methyl/N-ethyl adjacent to an activating group) is 1. The van der Waals surface area contributed by atoms with Gasteiger partial charge in [0.15, 0.2) is 0 Å². The summed E-state index contributed by atoms with van der Waals surface area (Å²) in [7, 11) is -1.54. The van der Waals surface area contributed by atoms with Crippen molar-refractivity contribution in [2.45, 2.75) is 11.8 Å². The van der Waals surface area contributed by atoms with Gasteiger partial charge in [0, 0.05) is 7.05 Å². The lowest BCUT2D eigenvalue weighted by Gasteiger charge is -2.16. The third-order valence-electron chi connectivity index (χ3n) is 2.35. The SMILES string of the molecule is CCOC(=O)CN(C)S(=O)(=O)c1ccsc1C(=O)OC. The molecule has 112 valence electrons. The van der Waals surface area contributed by atoms with E-state index < -0.39 is 28.5 Å².